The normalized spacial score (nSPS) is 11.1. The van der Waals surface area contributed by atoms with Crippen molar-refractivity contribution < 1.29 is 14.3 Å². The van der Waals surface area contributed by atoms with Crippen LogP contribution < -0.4 is 10.6 Å². The van der Waals surface area contributed by atoms with E-state index in [2.05, 4.69) is 10.6 Å². The molecule has 1 rings (SSSR count). The van der Waals surface area contributed by atoms with E-state index in [0.29, 0.717) is 11.3 Å². The molecule has 0 aliphatic carbocycles. The molecule has 0 saturated carbocycles. The van der Waals surface area contributed by atoms with E-state index in [1.807, 2.05) is 27.7 Å². The van der Waals surface area contributed by atoms with Gasteiger partial charge in [0.15, 0.2) is 0 Å². The Labute approximate surface area is 132 Å². The number of hydrogen-bond acceptors (Lipinski definition) is 4. The zero-order valence-electron chi connectivity index (χ0n) is 13.9. The van der Waals surface area contributed by atoms with Crippen LogP contribution in [-0.4, -0.2) is 30.6 Å². The minimum absolute atomic E-state index is 0.101. The van der Waals surface area contributed by atoms with Gasteiger partial charge >= 0.3 is 5.97 Å². The molecule has 1 aromatic rings. The van der Waals surface area contributed by atoms with Gasteiger partial charge < -0.3 is 15.4 Å². The van der Waals surface area contributed by atoms with Crippen molar-refractivity contribution in [2.45, 2.75) is 46.1 Å². The van der Waals surface area contributed by atoms with E-state index >= 15 is 0 Å². The number of rotatable bonds is 8. The van der Waals surface area contributed by atoms with Crippen LogP contribution in [0, 0.1) is 0 Å². The van der Waals surface area contributed by atoms with E-state index < -0.39 is 5.60 Å². The summed E-state index contributed by atoms with van der Waals surface area (Å²) in [6, 6.07) is 6.72. The zero-order valence-corrected chi connectivity index (χ0v) is 13.9. The van der Waals surface area contributed by atoms with Gasteiger partial charge in [0.05, 0.1) is 12.1 Å². The van der Waals surface area contributed by atoms with Crippen LogP contribution in [-0.2, 0) is 9.53 Å². The van der Waals surface area contributed by atoms with E-state index in [1.54, 1.807) is 24.3 Å². The first-order chi connectivity index (χ1) is 10.4. The van der Waals surface area contributed by atoms with Gasteiger partial charge in [-0.05, 0) is 57.5 Å². The molecule has 5 heteroatoms. The lowest BCUT2D eigenvalue weighted by Crippen LogP contribution is -2.28. The lowest BCUT2D eigenvalue weighted by molar-refractivity contribution is -0.115. The topological polar surface area (TPSA) is 67.4 Å². The highest BCUT2D eigenvalue weighted by atomic mass is 16.6. The van der Waals surface area contributed by atoms with E-state index in [9.17, 15) is 9.59 Å². The first-order valence-corrected chi connectivity index (χ1v) is 7.72. The largest absolute Gasteiger partial charge is 0.456 e. The third-order valence-corrected chi connectivity index (χ3v) is 3.34. The first kappa shape index (κ1) is 18.2. The summed E-state index contributed by atoms with van der Waals surface area (Å²) in [5, 5.41) is 5.80. The summed E-state index contributed by atoms with van der Waals surface area (Å²) in [5.74, 6) is -0.453. The van der Waals surface area contributed by atoms with Crippen LogP contribution in [0.2, 0.25) is 0 Å². The van der Waals surface area contributed by atoms with E-state index in [-0.39, 0.29) is 18.4 Å². The predicted molar refractivity (Wildman–Crippen MR) is 88.0 cm³/mol. The van der Waals surface area contributed by atoms with Crippen LogP contribution in [0.4, 0.5) is 5.69 Å². The molecule has 0 atom stereocenters. The van der Waals surface area contributed by atoms with Gasteiger partial charge in [-0.1, -0.05) is 13.8 Å². The molecule has 1 amide bonds. The number of benzene rings is 1. The number of amides is 1. The predicted octanol–water partition coefficient (Wildman–Crippen LogP) is 2.97. The second-order valence-electron chi connectivity index (χ2n) is 5.81. The summed E-state index contributed by atoms with van der Waals surface area (Å²) in [6.07, 6.45) is 1.73. The summed E-state index contributed by atoms with van der Waals surface area (Å²) >= 11 is 0. The second kappa shape index (κ2) is 8.54. The molecule has 22 heavy (non-hydrogen) atoms. The van der Waals surface area contributed by atoms with Crippen LogP contribution in [0.3, 0.4) is 0 Å². The number of hydrogen-bond donors (Lipinski definition) is 2. The quantitative estimate of drug-likeness (QED) is 0.572. The smallest absolute Gasteiger partial charge is 0.338 e. The van der Waals surface area contributed by atoms with E-state index in [1.165, 1.54) is 0 Å². The minimum atomic E-state index is -0.477. The number of nitrogens with one attached hydrogen (secondary N) is 2. The monoisotopic (exact) mass is 306 g/mol. The van der Waals surface area contributed by atoms with Gasteiger partial charge in [0, 0.05) is 5.69 Å². The molecule has 1 aromatic carbocycles. The number of anilines is 1. The summed E-state index contributed by atoms with van der Waals surface area (Å²) in [7, 11) is 0. The van der Waals surface area contributed by atoms with Gasteiger partial charge in [-0.25, -0.2) is 4.79 Å². The zero-order chi connectivity index (χ0) is 16.6. The molecule has 0 spiro atoms. The van der Waals surface area contributed by atoms with Gasteiger partial charge in [0.1, 0.15) is 5.60 Å². The Balaban J connectivity index is 2.56. The number of ether oxygens (including phenoxy) is 1. The fraction of sp³-hybridized carbons (Fsp3) is 0.529. The van der Waals surface area contributed by atoms with Gasteiger partial charge in [0.25, 0.3) is 0 Å². The maximum absolute atomic E-state index is 12.0. The van der Waals surface area contributed by atoms with Crippen molar-refractivity contribution in [3.63, 3.8) is 0 Å². The number of carbonyl (C=O) groups excluding carboxylic acids is 2. The van der Waals surface area contributed by atoms with Crippen LogP contribution in [0.5, 0.6) is 0 Å². The molecule has 0 aliphatic rings. The molecule has 2 N–H and O–H groups in total. The van der Waals surface area contributed by atoms with Crippen molar-refractivity contribution in [2.75, 3.05) is 18.4 Å². The van der Waals surface area contributed by atoms with Gasteiger partial charge in [-0.15, -0.1) is 0 Å². The number of carbonyl (C=O) groups is 2. The molecule has 0 aliphatic heterocycles. The van der Waals surface area contributed by atoms with Crippen molar-refractivity contribution in [2.24, 2.45) is 0 Å². The Bertz CT molecular complexity index is 495. The summed E-state index contributed by atoms with van der Waals surface area (Å²) in [4.78, 5) is 23.7. The van der Waals surface area contributed by atoms with Crippen molar-refractivity contribution >= 4 is 17.6 Å². The molecule has 0 aromatic heterocycles. The molecule has 0 radical (unpaired) electrons. The van der Waals surface area contributed by atoms with Crippen molar-refractivity contribution in [1.82, 2.24) is 5.32 Å². The Morgan fingerprint density at radius 1 is 1.14 bits per heavy atom. The summed E-state index contributed by atoms with van der Waals surface area (Å²) < 4.78 is 5.42. The average molecular weight is 306 g/mol. The molecule has 0 heterocycles. The highest BCUT2D eigenvalue weighted by Gasteiger charge is 2.21. The molecular weight excluding hydrogens is 280 g/mol. The summed E-state index contributed by atoms with van der Waals surface area (Å²) in [6.45, 7) is 8.86. The third-order valence-electron chi connectivity index (χ3n) is 3.34. The van der Waals surface area contributed by atoms with E-state index in [4.69, 9.17) is 4.74 Å². The van der Waals surface area contributed by atoms with Crippen LogP contribution >= 0.6 is 0 Å². The first-order valence-electron chi connectivity index (χ1n) is 7.72. The SMILES string of the molecule is CCCNCC(=O)Nc1ccc(C(=O)OC(C)(C)CC)cc1. The van der Waals surface area contributed by atoms with E-state index in [0.717, 1.165) is 19.4 Å². The molecule has 0 unspecified atom stereocenters. The fourth-order valence-electron chi connectivity index (χ4n) is 1.66. The van der Waals surface area contributed by atoms with Crippen LogP contribution in [0.15, 0.2) is 24.3 Å². The lowest BCUT2D eigenvalue weighted by Gasteiger charge is -2.23. The Kier molecular flexibility index (Phi) is 7.05. The highest BCUT2D eigenvalue weighted by Crippen LogP contribution is 2.17. The lowest BCUT2D eigenvalue weighted by atomic mass is 10.1. The molecule has 0 saturated heterocycles. The maximum atomic E-state index is 12.0. The molecule has 5 nitrogen and oxygen atoms in total. The highest BCUT2D eigenvalue weighted by molar-refractivity contribution is 5.94. The number of esters is 1. The molecule has 0 fully saturated rings. The second-order valence-corrected chi connectivity index (χ2v) is 5.81. The molecule has 122 valence electrons. The Morgan fingerprint density at radius 3 is 2.32 bits per heavy atom. The average Bonchev–Trinajstić information content (AvgIpc) is 2.48. The van der Waals surface area contributed by atoms with Crippen molar-refractivity contribution in [1.29, 1.82) is 0 Å². The van der Waals surface area contributed by atoms with Gasteiger partial charge in [-0.3, -0.25) is 4.79 Å². The maximum Gasteiger partial charge on any atom is 0.338 e. The van der Waals surface area contributed by atoms with Crippen LogP contribution in [0.25, 0.3) is 0 Å². The molecule has 0 bridgehead atoms. The van der Waals surface area contributed by atoms with Gasteiger partial charge in [0.2, 0.25) is 5.91 Å². The van der Waals surface area contributed by atoms with Crippen LogP contribution in [0.1, 0.15) is 50.9 Å². The van der Waals surface area contributed by atoms with Crippen molar-refractivity contribution in [3.8, 4) is 0 Å². The third kappa shape index (κ3) is 6.26. The summed E-state index contributed by atoms with van der Waals surface area (Å²) in [5.41, 5.74) is 0.660. The Hall–Kier alpha value is -1.88. The van der Waals surface area contributed by atoms with Crippen molar-refractivity contribution in [3.05, 3.63) is 29.8 Å². The fourth-order valence-corrected chi connectivity index (χ4v) is 1.66. The molecular formula is C17H26N2O3. The minimum Gasteiger partial charge on any atom is -0.456 e. The Morgan fingerprint density at radius 2 is 1.77 bits per heavy atom. The van der Waals surface area contributed by atoms with Gasteiger partial charge in [-0.2, -0.15) is 0 Å². The standard InChI is InChI=1S/C17H26N2O3/c1-5-11-18-12-15(20)19-14-9-7-13(8-10-14)16(21)22-17(3,4)6-2/h7-10,18H,5-6,11-12H2,1-4H3,(H,19,20).